The summed E-state index contributed by atoms with van der Waals surface area (Å²) in [6.07, 6.45) is 5.11. The van der Waals surface area contributed by atoms with E-state index in [2.05, 4.69) is 20.8 Å². The summed E-state index contributed by atoms with van der Waals surface area (Å²) in [7, 11) is 0. The van der Waals surface area contributed by atoms with Gasteiger partial charge in [-0.15, -0.1) is 0 Å². The van der Waals surface area contributed by atoms with E-state index < -0.39 is 5.60 Å². The van der Waals surface area contributed by atoms with E-state index in [-0.39, 0.29) is 22.5 Å². The Balaban J connectivity index is 2.08. The molecule has 1 N–H and O–H groups in total. The van der Waals surface area contributed by atoms with Crippen LogP contribution in [0.25, 0.3) is 0 Å². The Morgan fingerprint density at radius 1 is 1.18 bits per heavy atom. The predicted molar refractivity (Wildman–Crippen MR) is 66.4 cm³/mol. The van der Waals surface area contributed by atoms with Gasteiger partial charge in [-0.1, -0.05) is 26.3 Å². The van der Waals surface area contributed by atoms with Crippen molar-refractivity contribution in [2.45, 2.75) is 52.6 Å². The highest BCUT2D eigenvalue weighted by atomic mass is 16.3. The lowest BCUT2D eigenvalue weighted by Crippen LogP contribution is -2.40. The predicted octanol–water partition coefficient (Wildman–Crippen LogP) is 2.71. The molecule has 17 heavy (non-hydrogen) atoms. The summed E-state index contributed by atoms with van der Waals surface area (Å²) >= 11 is 0. The van der Waals surface area contributed by atoms with Crippen molar-refractivity contribution in [3.63, 3.8) is 0 Å². The molecular formula is C15H22O2. The van der Waals surface area contributed by atoms with E-state index in [1.165, 1.54) is 18.4 Å². The fourth-order valence-corrected chi connectivity index (χ4v) is 4.14. The molecule has 0 amide bonds. The first-order valence-corrected chi connectivity index (χ1v) is 6.66. The van der Waals surface area contributed by atoms with E-state index in [1.54, 1.807) is 13.0 Å². The molecule has 2 fully saturated rings. The third-order valence-corrected chi connectivity index (χ3v) is 5.47. The molecule has 3 aliphatic carbocycles. The van der Waals surface area contributed by atoms with Gasteiger partial charge in [0.25, 0.3) is 0 Å². The molecule has 2 saturated carbocycles. The van der Waals surface area contributed by atoms with Crippen molar-refractivity contribution in [1.82, 2.24) is 0 Å². The largest absolute Gasteiger partial charge is 0.381 e. The summed E-state index contributed by atoms with van der Waals surface area (Å²) in [6, 6.07) is 0. The van der Waals surface area contributed by atoms with Crippen LogP contribution in [0.2, 0.25) is 0 Å². The van der Waals surface area contributed by atoms with Crippen molar-refractivity contribution in [2.75, 3.05) is 0 Å². The molecule has 4 atom stereocenters. The maximum absolute atomic E-state index is 12.0. The van der Waals surface area contributed by atoms with Crippen LogP contribution < -0.4 is 0 Å². The normalized spacial score (nSPS) is 51.4. The van der Waals surface area contributed by atoms with Crippen LogP contribution in [0.3, 0.4) is 0 Å². The van der Waals surface area contributed by atoms with E-state index in [4.69, 9.17) is 0 Å². The van der Waals surface area contributed by atoms with Gasteiger partial charge in [-0.2, -0.15) is 0 Å². The number of rotatable bonds is 0. The molecule has 2 heteroatoms. The monoisotopic (exact) mass is 234 g/mol. The Kier molecular flexibility index (Phi) is 1.92. The Labute approximate surface area is 103 Å². The van der Waals surface area contributed by atoms with Crippen molar-refractivity contribution in [3.8, 4) is 0 Å². The van der Waals surface area contributed by atoms with E-state index in [0.717, 1.165) is 12.3 Å². The molecule has 0 aromatic heterocycles. The average Bonchev–Trinajstić information content (AvgIpc) is 2.75. The van der Waals surface area contributed by atoms with Crippen molar-refractivity contribution >= 4 is 5.78 Å². The zero-order chi connectivity index (χ0) is 12.6. The molecule has 0 aromatic carbocycles. The fraction of sp³-hybridized carbons (Fsp3) is 0.800. The second kappa shape index (κ2) is 2.85. The maximum Gasteiger partial charge on any atom is 0.187 e. The van der Waals surface area contributed by atoms with Gasteiger partial charge in [0.05, 0.1) is 0 Å². The smallest absolute Gasteiger partial charge is 0.187 e. The summed E-state index contributed by atoms with van der Waals surface area (Å²) in [4.78, 5) is 12.0. The van der Waals surface area contributed by atoms with Crippen molar-refractivity contribution in [3.05, 3.63) is 11.6 Å². The van der Waals surface area contributed by atoms with Gasteiger partial charge in [0.15, 0.2) is 5.78 Å². The third-order valence-electron chi connectivity index (χ3n) is 5.47. The molecule has 0 unspecified atom stereocenters. The quantitative estimate of drug-likeness (QED) is 0.699. The highest BCUT2D eigenvalue weighted by Gasteiger charge is 2.63. The van der Waals surface area contributed by atoms with Crippen LogP contribution in [0.4, 0.5) is 0 Å². The number of carbonyl (C=O) groups is 1. The molecule has 2 nitrogen and oxygen atoms in total. The first-order chi connectivity index (χ1) is 7.67. The van der Waals surface area contributed by atoms with Gasteiger partial charge in [0, 0.05) is 5.92 Å². The zero-order valence-corrected chi connectivity index (χ0v) is 11.2. The number of ketones is 1. The van der Waals surface area contributed by atoms with Gasteiger partial charge >= 0.3 is 0 Å². The first kappa shape index (κ1) is 11.5. The van der Waals surface area contributed by atoms with Crippen LogP contribution in [0.15, 0.2) is 11.6 Å². The molecule has 3 aliphatic rings. The number of fused-ring (bicyclic) bond motifs is 3. The number of hydrogen-bond donors (Lipinski definition) is 1. The molecule has 0 spiro atoms. The highest BCUT2D eigenvalue weighted by molar-refractivity contribution is 6.01. The molecular weight excluding hydrogens is 212 g/mol. The summed E-state index contributed by atoms with van der Waals surface area (Å²) in [5.74, 6) is 0.681. The minimum Gasteiger partial charge on any atom is -0.381 e. The lowest BCUT2D eigenvalue weighted by molar-refractivity contribution is -0.133. The maximum atomic E-state index is 12.0. The van der Waals surface area contributed by atoms with E-state index in [9.17, 15) is 9.90 Å². The second-order valence-corrected chi connectivity index (χ2v) is 7.56. The lowest BCUT2D eigenvalue weighted by Gasteiger charge is -2.33. The molecule has 0 bridgehead atoms. The van der Waals surface area contributed by atoms with Crippen molar-refractivity contribution < 1.29 is 9.90 Å². The molecule has 94 valence electrons. The molecule has 0 aliphatic heterocycles. The summed E-state index contributed by atoms with van der Waals surface area (Å²) < 4.78 is 0. The Morgan fingerprint density at radius 3 is 2.47 bits per heavy atom. The fourth-order valence-electron chi connectivity index (χ4n) is 4.14. The van der Waals surface area contributed by atoms with E-state index in [1.807, 2.05) is 0 Å². The topological polar surface area (TPSA) is 37.3 Å². The van der Waals surface area contributed by atoms with Gasteiger partial charge in [-0.3, -0.25) is 4.79 Å². The lowest BCUT2D eigenvalue weighted by atomic mass is 9.73. The van der Waals surface area contributed by atoms with Crippen LogP contribution in [-0.2, 0) is 4.79 Å². The SMILES string of the molecule is CC1(C)C[C@H]2C[C@@]2(C)C2=CC(=O)[C@@](C)(O)[C@@H]2C1. The van der Waals surface area contributed by atoms with Gasteiger partial charge in [0.2, 0.25) is 0 Å². The Bertz CT molecular complexity index is 430. The first-order valence-electron chi connectivity index (χ1n) is 6.66. The standard InChI is InChI=1S/C15H22O2/c1-13(2)6-9-7-14(9,3)10-5-12(16)15(4,17)11(10)8-13/h5,9,11,17H,6-8H2,1-4H3/t9-,11+,14+,15-/m0/s1. The minimum absolute atomic E-state index is 0.0440. The molecule has 3 rings (SSSR count). The van der Waals surface area contributed by atoms with Crippen molar-refractivity contribution in [1.29, 1.82) is 0 Å². The van der Waals surface area contributed by atoms with Gasteiger partial charge in [0.1, 0.15) is 5.60 Å². The van der Waals surface area contributed by atoms with Crippen LogP contribution in [0.1, 0.15) is 47.0 Å². The van der Waals surface area contributed by atoms with E-state index in [0.29, 0.717) is 0 Å². The third kappa shape index (κ3) is 1.40. The van der Waals surface area contributed by atoms with E-state index >= 15 is 0 Å². The van der Waals surface area contributed by atoms with Crippen LogP contribution >= 0.6 is 0 Å². The average molecular weight is 234 g/mol. The van der Waals surface area contributed by atoms with Crippen LogP contribution in [0, 0.1) is 22.7 Å². The van der Waals surface area contributed by atoms with Gasteiger partial charge < -0.3 is 5.11 Å². The van der Waals surface area contributed by atoms with Crippen LogP contribution in [-0.4, -0.2) is 16.5 Å². The molecule has 0 radical (unpaired) electrons. The molecule has 0 saturated heterocycles. The van der Waals surface area contributed by atoms with Crippen LogP contribution in [0.5, 0.6) is 0 Å². The number of carbonyl (C=O) groups excluding carboxylic acids is 1. The van der Waals surface area contributed by atoms with Crippen molar-refractivity contribution in [2.24, 2.45) is 22.7 Å². The number of hydrogen-bond acceptors (Lipinski definition) is 2. The highest BCUT2D eigenvalue weighted by Crippen LogP contribution is 2.68. The summed E-state index contributed by atoms with van der Waals surface area (Å²) in [6.45, 7) is 8.51. The van der Waals surface area contributed by atoms with Gasteiger partial charge in [-0.25, -0.2) is 0 Å². The zero-order valence-electron chi connectivity index (χ0n) is 11.2. The molecule has 0 aromatic rings. The second-order valence-electron chi connectivity index (χ2n) is 7.56. The minimum atomic E-state index is -1.16. The van der Waals surface area contributed by atoms with Gasteiger partial charge in [-0.05, 0) is 49.0 Å². The molecule has 0 heterocycles. The Morgan fingerprint density at radius 2 is 1.82 bits per heavy atom. The Hall–Kier alpha value is -0.630. The summed E-state index contributed by atoms with van der Waals surface area (Å²) in [5, 5.41) is 10.5. The summed E-state index contributed by atoms with van der Waals surface area (Å²) in [5.41, 5.74) is 0.516. The number of aliphatic hydroxyl groups is 1.